The number of benzene rings is 1. The Morgan fingerprint density at radius 3 is 2.38 bits per heavy atom. The molecule has 132 valence electrons. The largest absolute Gasteiger partial charge is 0.496 e. The zero-order valence-electron chi connectivity index (χ0n) is 15.1. The Kier molecular flexibility index (Phi) is 5.52. The molecule has 2 N–H and O–H groups in total. The topological polar surface area (TPSA) is 72.6 Å². The van der Waals surface area contributed by atoms with E-state index in [1.807, 2.05) is 17.0 Å². The van der Waals surface area contributed by atoms with Crippen LogP contribution in [0.15, 0.2) is 18.2 Å². The third-order valence-electron chi connectivity index (χ3n) is 4.68. The van der Waals surface area contributed by atoms with E-state index < -0.39 is 0 Å². The molecule has 0 bridgehead atoms. The molecule has 1 aliphatic rings. The molecule has 2 amide bonds. The Bertz CT molecular complexity index is 612. The molecule has 1 aliphatic heterocycles. The maximum atomic E-state index is 12.5. The summed E-state index contributed by atoms with van der Waals surface area (Å²) >= 11 is 0. The molecule has 1 fully saturated rings. The van der Waals surface area contributed by atoms with E-state index in [2.05, 4.69) is 26.8 Å². The van der Waals surface area contributed by atoms with Crippen molar-refractivity contribution in [1.82, 2.24) is 4.90 Å². The fourth-order valence-electron chi connectivity index (χ4n) is 3.15. The summed E-state index contributed by atoms with van der Waals surface area (Å²) in [5, 5.41) is 0. The normalized spacial score (nSPS) is 16.1. The molecule has 1 saturated heterocycles. The first kappa shape index (κ1) is 18.3. The highest BCUT2D eigenvalue weighted by atomic mass is 16.5. The molecule has 0 radical (unpaired) electrons. The van der Waals surface area contributed by atoms with E-state index in [0.717, 1.165) is 16.9 Å². The molecule has 0 unspecified atom stereocenters. The first-order chi connectivity index (χ1) is 11.2. The molecule has 1 heterocycles. The van der Waals surface area contributed by atoms with Crippen molar-refractivity contribution in [3.05, 3.63) is 29.3 Å². The predicted molar refractivity (Wildman–Crippen MR) is 93.9 cm³/mol. The Balaban J connectivity index is 2.06. The fourth-order valence-corrected chi connectivity index (χ4v) is 3.15. The van der Waals surface area contributed by atoms with Crippen molar-refractivity contribution in [2.45, 2.75) is 45.4 Å². The molecule has 0 atom stereocenters. The maximum absolute atomic E-state index is 12.5. The van der Waals surface area contributed by atoms with Gasteiger partial charge in [0.2, 0.25) is 11.8 Å². The molecule has 0 aliphatic carbocycles. The van der Waals surface area contributed by atoms with Crippen molar-refractivity contribution in [1.29, 1.82) is 0 Å². The van der Waals surface area contributed by atoms with Crippen LogP contribution in [0, 0.1) is 5.92 Å². The van der Waals surface area contributed by atoms with E-state index in [4.69, 9.17) is 10.5 Å². The zero-order valence-corrected chi connectivity index (χ0v) is 15.1. The van der Waals surface area contributed by atoms with Crippen molar-refractivity contribution >= 4 is 11.8 Å². The summed E-state index contributed by atoms with van der Waals surface area (Å²) in [6.07, 6.45) is 1.70. The van der Waals surface area contributed by atoms with Gasteiger partial charge in [0, 0.05) is 19.0 Å². The van der Waals surface area contributed by atoms with Crippen LogP contribution in [0.1, 0.15) is 44.7 Å². The van der Waals surface area contributed by atoms with Gasteiger partial charge in [-0.05, 0) is 35.4 Å². The van der Waals surface area contributed by atoms with Crippen LogP contribution in [0.4, 0.5) is 0 Å². The second-order valence-electron chi connectivity index (χ2n) is 7.52. The van der Waals surface area contributed by atoms with Crippen molar-refractivity contribution < 1.29 is 14.3 Å². The lowest BCUT2D eigenvalue weighted by atomic mass is 9.85. The van der Waals surface area contributed by atoms with Crippen LogP contribution in [0.25, 0.3) is 0 Å². The van der Waals surface area contributed by atoms with E-state index in [9.17, 15) is 9.59 Å². The number of nitrogens with zero attached hydrogens (tertiary/aromatic N) is 1. The monoisotopic (exact) mass is 332 g/mol. The van der Waals surface area contributed by atoms with E-state index in [1.165, 1.54) is 0 Å². The number of amides is 2. The molecule has 24 heavy (non-hydrogen) atoms. The zero-order chi connectivity index (χ0) is 17.9. The molecular formula is C19H28N2O3. The Hall–Kier alpha value is -2.04. The quantitative estimate of drug-likeness (QED) is 0.919. The van der Waals surface area contributed by atoms with Gasteiger partial charge in [-0.1, -0.05) is 32.9 Å². The minimum atomic E-state index is -0.257. The summed E-state index contributed by atoms with van der Waals surface area (Å²) in [5.74, 6) is 0.596. The van der Waals surface area contributed by atoms with E-state index >= 15 is 0 Å². The van der Waals surface area contributed by atoms with Crippen LogP contribution >= 0.6 is 0 Å². The van der Waals surface area contributed by atoms with Crippen molar-refractivity contribution in [3.63, 3.8) is 0 Å². The SMILES string of the molecule is COc1ccc(CC(=O)N2CCC(C(N)=O)CC2)cc1C(C)(C)C. The lowest BCUT2D eigenvalue weighted by Gasteiger charge is -2.31. The number of likely N-dealkylation sites (tertiary alicyclic amines) is 1. The number of piperidine rings is 1. The smallest absolute Gasteiger partial charge is 0.226 e. The molecule has 0 spiro atoms. The highest BCUT2D eigenvalue weighted by molar-refractivity contribution is 5.80. The molecule has 5 heteroatoms. The maximum Gasteiger partial charge on any atom is 0.226 e. The Labute approximate surface area is 144 Å². The van der Waals surface area contributed by atoms with E-state index in [-0.39, 0.29) is 23.1 Å². The van der Waals surface area contributed by atoms with Crippen LogP contribution in [0.5, 0.6) is 5.75 Å². The molecule has 1 aromatic carbocycles. The third kappa shape index (κ3) is 4.28. The summed E-state index contributed by atoms with van der Waals surface area (Å²) in [6, 6.07) is 5.94. The number of ether oxygens (including phenoxy) is 1. The number of hydrogen-bond acceptors (Lipinski definition) is 3. The average molecular weight is 332 g/mol. The van der Waals surface area contributed by atoms with E-state index in [1.54, 1.807) is 7.11 Å². The summed E-state index contributed by atoms with van der Waals surface area (Å²) in [4.78, 5) is 25.6. The molecule has 0 aromatic heterocycles. The number of methoxy groups -OCH3 is 1. The number of primary amides is 1. The second kappa shape index (κ2) is 7.24. The van der Waals surface area contributed by atoms with Gasteiger partial charge in [0.25, 0.3) is 0 Å². The highest BCUT2D eigenvalue weighted by Crippen LogP contribution is 2.32. The van der Waals surface area contributed by atoms with Crippen LogP contribution in [-0.4, -0.2) is 36.9 Å². The highest BCUT2D eigenvalue weighted by Gasteiger charge is 2.26. The predicted octanol–water partition coefficient (Wildman–Crippen LogP) is 2.26. The summed E-state index contributed by atoms with van der Waals surface area (Å²) in [5.41, 5.74) is 7.38. The Morgan fingerprint density at radius 2 is 1.88 bits per heavy atom. The van der Waals surface area contributed by atoms with Gasteiger partial charge in [0.15, 0.2) is 0 Å². The van der Waals surface area contributed by atoms with Gasteiger partial charge in [0.1, 0.15) is 5.75 Å². The van der Waals surface area contributed by atoms with Gasteiger partial charge in [-0.3, -0.25) is 9.59 Å². The van der Waals surface area contributed by atoms with Gasteiger partial charge in [-0.2, -0.15) is 0 Å². The molecule has 2 rings (SSSR count). The standard InChI is InChI=1S/C19H28N2O3/c1-19(2,3)15-11-13(5-6-16(15)24-4)12-17(22)21-9-7-14(8-10-21)18(20)23/h5-6,11,14H,7-10,12H2,1-4H3,(H2,20,23). The van der Waals surface area contributed by atoms with Crippen molar-refractivity contribution in [2.24, 2.45) is 11.7 Å². The minimum absolute atomic E-state index is 0.0514. The van der Waals surface area contributed by atoms with Gasteiger partial charge in [-0.25, -0.2) is 0 Å². The molecular weight excluding hydrogens is 304 g/mol. The lowest BCUT2D eigenvalue weighted by molar-refractivity contribution is -0.134. The number of nitrogens with two attached hydrogens (primary N) is 1. The van der Waals surface area contributed by atoms with Crippen LogP contribution < -0.4 is 10.5 Å². The van der Waals surface area contributed by atoms with Gasteiger partial charge in [0.05, 0.1) is 13.5 Å². The van der Waals surface area contributed by atoms with Crippen molar-refractivity contribution in [3.8, 4) is 5.75 Å². The fraction of sp³-hybridized carbons (Fsp3) is 0.579. The van der Waals surface area contributed by atoms with E-state index in [0.29, 0.717) is 32.4 Å². The van der Waals surface area contributed by atoms with Crippen LogP contribution in [-0.2, 0) is 21.4 Å². The summed E-state index contributed by atoms with van der Waals surface area (Å²) in [7, 11) is 1.66. The summed E-state index contributed by atoms with van der Waals surface area (Å²) in [6.45, 7) is 7.60. The van der Waals surface area contributed by atoms with Crippen molar-refractivity contribution in [2.75, 3.05) is 20.2 Å². The van der Waals surface area contributed by atoms with Gasteiger partial charge >= 0.3 is 0 Å². The van der Waals surface area contributed by atoms with Gasteiger partial charge < -0.3 is 15.4 Å². The van der Waals surface area contributed by atoms with Crippen LogP contribution in [0.3, 0.4) is 0 Å². The number of hydrogen-bond donors (Lipinski definition) is 1. The molecule has 5 nitrogen and oxygen atoms in total. The number of carbonyl (C=O) groups is 2. The second-order valence-corrected chi connectivity index (χ2v) is 7.52. The first-order valence-corrected chi connectivity index (χ1v) is 8.47. The first-order valence-electron chi connectivity index (χ1n) is 8.47. The number of rotatable bonds is 4. The lowest BCUT2D eigenvalue weighted by Crippen LogP contribution is -2.42. The number of carbonyl (C=O) groups excluding carboxylic acids is 2. The summed E-state index contributed by atoms with van der Waals surface area (Å²) < 4.78 is 5.44. The molecule has 1 aromatic rings. The average Bonchev–Trinajstić information content (AvgIpc) is 2.54. The minimum Gasteiger partial charge on any atom is -0.496 e. The third-order valence-corrected chi connectivity index (χ3v) is 4.68. The van der Waals surface area contributed by atoms with Crippen LogP contribution in [0.2, 0.25) is 0 Å². The van der Waals surface area contributed by atoms with Gasteiger partial charge in [-0.15, -0.1) is 0 Å². The molecule has 0 saturated carbocycles. The Morgan fingerprint density at radius 1 is 1.25 bits per heavy atom.